The van der Waals surface area contributed by atoms with Crippen LogP contribution in [0.25, 0.3) is 21.9 Å². The number of pyridine rings is 1. The molecule has 0 unspecified atom stereocenters. The number of benzene rings is 1. The molecular weight excluding hydrogens is 520 g/mol. The monoisotopic (exact) mass is 560 g/mol. The normalized spacial score (nSPS) is 18.5. The average molecular weight is 561 g/mol. The fourth-order valence-corrected chi connectivity index (χ4v) is 7.10. The number of nitrogens with zero attached hydrogens (tertiary/aromatic N) is 5. The Labute approximate surface area is 230 Å². The summed E-state index contributed by atoms with van der Waals surface area (Å²) < 4.78 is 36.1. The molecule has 2 aliphatic rings. The number of hydrogen-bond acceptors (Lipinski definition) is 9. The van der Waals surface area contributed by atoms with E-state index in [1.165, 1.54) is 0 Å². The molecule has 0 radical (unpaired) electrons. The molecule has 0 bridgehead atoms. The minimum Gasteiger partial charge on any atom is -0.493 e. The number of anilines is 1. The molecule has 214 valence electrons. The van der Waals surface area contributed by atoms with Crippen LogP contribution in [0.5, 0.6) is 5.75 Å². The molecule has 0 saturated carbocycles. The highest BCUT2D eigenvalue weighted by Gasteiger charge is 2.28. The zero-order valence-corrected chi connectivity index (χ0v) is 23.5. The third-order valence-electron chi connectivity index (χ3n) is 7.48. The van der Waals surface area contributed by atoms with Crippen molar-refractivity contribution in [3.05, 3.63) is 24.0 Å². The lowest BCUT2D eigenvalue weighted by Crippen LogP contribution is -2.26. The molecule has 0 aliphatic carbocycles. The summed E-state index contributed by atoms with van der Waals surface area (Å²) in [5.41, 5.74) is 8.72. The number of aromatic nitrogens is 3. The van der Waals surface area contributed by atoms with Gasteiger partial charge in [-0.2, -0.15) is 0 Å². The van der Waals surface area contributed by atoms with Gasteiger partial charge in [-0.05, 0) is 51.2 Å². The fourth-order valence-electron chi connectivity index (χ4n) is 5.48. The van der Waals surface area contributed by atoms with Crippen molar-refractivity contribution in [1.82, 2.24) is 23.7 Å². The number of hydrogen-bond donors (Lipinski definition) is 3. The van der Waals surface area contributed by atoms with Crippen LogP contribution >= 0.6 is 10.8 Å². The summed E-state index contributed by atoms with van der Waals surface area (Å²) in [6.45, 7) is 7.09. The second-order valence-electron chi connectivity index (χ2n) is 10.2. The number of carbonyl (C=O) groups excluding carboxylic acids is 1. The van der Waals surface area contributed by atoms with Crippen LogP contribution in [0, 0.1) is 0 Å². The van der Waals surface area contributed by atoms with Crippen LogP contribution in [0.2, 0.25) is 0 Å². The minimum atomic E-state index is -2.59. The van der Waals surface area contributed by atoms with Gasteiger partial charge in [0.25, 0.3) is 0 Å². The number of aryl methyl sites for hydroxylation is 1. The first-order valence-electron chi connectivity index (χ1n) is 13.9. The molecule has 0 spiro atoms. The van der Waals surface area contributed by atoms with Crippen LogP contribution in [0.1, 0.15) is 51.3 Å². The highest BCUT2D eigenvalue weighted by molar-refractivity contribution is 8.22. The summed E-state index contributed by atoms with van der Waals surface area (Å²) in [5, 5.41) is 0.943. The Hall–Kier alpha value is -2.64. The van der Waals surface area contributed by atoms with E-state index in [-0.39, 0.29) is 5.91 Å². The largest absolute Gasteiger partial charge is 0.493 e. The van der Waals surface area contributed by atoms with Gasteiger partial charge in [0.15, 0.2) is 5.82 Å². The van der Waals surface area contributed by atoms with Crippen molar-refractivity contribution in [2.24, 2.45) is 0 Å². The molecule has 39 heavy (non-hydrogen) atoms. The first-order valence-corrected chi connectivity index (χ1v) is 15.6. The number of rotatable bonds is 13. The highest BCUT2D eigenvalue weighted by atomic mass is 32.3. The number of carbonyl (C=O) groups is 1. The molecule has 4 N–H and O–H groups in total. The summed E-state index contributed by atoms with van der Waals surface area (Å²) in [6, 6.07) is 5.86. The predicted octanol–water partition coefficient (Wildman–Crippen LogP) is 4.25. The number of nitrogen functional groups attached to an aromatic ring is 1. The summed E-state index contributed by atoms with van der Waals surface area (Å²) in [7, 11) is -2.59. The third kappa shape index (κ3) is 6.25. The van der Waals surface area contributed by atoms with Gasteiger partial charge in [-0.1, -0.05) is 0 Å². The summed E-state index contributed by atoms with van der Waals surface area (Å²) in [5.74, 6) is 2.59. The van der Waals surface area contributed by atoms with Crippen LogP contribution in [-0.4, -0.2) is 83.9 Å². The maximum absolute atomic E-state index is 11.8. The van der Waals surface area contributed by atoms with Crippen LogP contribution < -0.4 is 10.5 Å². The van der Waals surface area contributed by atoms with Gasteiger partial charge < -0.3 is 24.7 Å². The second-order valence-corrected chi connectivity index (χ2v) is 12.4. The zero-order valence-electron chi connectivity index (χ0n) is 22.7. The third-order valence-corrected chi connectivity index (χ3v) is 9.51. The molecule has 0 atom stereocenters. The lowest BCUT2D eigenvalue weighted by Gasteiger charge is -2.36. The first-order chi connectivity index (χ1) is 18.9. The van der Waals surface area contributed by atoms with Crippen molar-refractivity contribution in [1.29, 1.82) is 0 Å². The molecule has 11 nitrogen and oxygen atoms in total. The van der Waals surface area contributed by atoms with E-state index in [0.717, 1.165) is 74.0 Å². The Kier molecular flexibility index (Phi) is 8.77. The van der Waals surface area contributed by atoms with Crippen molar-refractivity contribution in [3.63, 3.8) is 0 Å². The van der Waals surface area contributed by atoms with Gasteiger partial charge in [0.05, 0.1) is 23.4 Å². The maximum Gasteiger partial charge on any atom is 0.222 e. The number of imidazole rings is 1. The number of nitrogens with two attached hydrogens (primary N) is 1. The Morgan fingerprint density at radius 3 is 2.67 bits per heavy atom. The summed E-state index contributed by atoms with van der Waals surface area (Å²) in [6.07, 6.45) is 4.89. The number of likely N-dealkylation sites (tertiary alicyclic amines) is 1. The Bertz CT molecular complexity index is 1320. The van der Waals surface area contributed by atoms with E-state index < -0.39 is 10.8 Å². The van der Waals surface area contributed by atoms with Crippen molar-refractivity contribution >= 4 is 44.4 Å². The van der Waals surface area contributed by atoms with E-state index >= 15 is 0 Å². The summed E-state index contributed by atoms with van der Waals surface area (Å²) in [4.78, 5) is 23.2. The van der Waals surface area contributed by atoms with Gasteiger partial charge >= 0.3 is 0 Å². The first kappa shape index (κ1) is 27.9. The van der Waals surface area contributed by atoms with Crippen LogP contribution in [0.15, 0.2) is 18.2 Å². The average Bonchev–Trinajstić information content (AvgIpc) is 3.59. The second kappa shape index (κ2) is 12.3. The molecule has 2 aliphatic heterocycles. The van der Waals surface area contributed by atoms with Gasteiger partial charge in [-0.25, -0.2) is 14.3 Å². The van der Waals surface area contributed by atoms with E-state index in [2.05, 4.69) is 9.55 Å². The lowest BCUT2D eigenvalue weighted by molar-refractivity contribution is -0.127. The molecule has 2 fully saturated rings. The van der Waals surface area contributed by atoms with Crippen molar-refractivity contribution < 1.29 is 23.4 Å². The van der Waals surface area contributed by atoms with Gasteiger partial charge in [0.1, 0.15) is 23.7 Å². The number of ether oxygens (including phenoxy) is 2. The quantitative estimate of drug-likeness (QED) is 0.262. The van der Waals surface area contributed by atoms with Crippen LogP contribution in [0.3, 0.4) is 0 Å². The highest BCUT2D eigenvalue weighted by Crippen LogP contribution is 2.48. The van der Waals surface area contributed by atoms with Crippen molar-refractivity contribution in [3.8, 4) is 5.75 Å². The SMILES string of the molecule is CCOCc1nc2c(N)nc3cc(OCCCN4CCCC4=O)ccc3c2n1CCCCN1CCCS1(O)O. The van der Waals surface area contributed by atoms with Gasteiger partial charge in [0.2, 0.25) is 5.91 Å². The molecule has 1 amide bonds. The number of fused-ring (bicyclic) bond motifs is 3. The molecule has 12 heteroatoms. The Balaban J connectivity index is 1.32. The summed E-state index contributed by atoms with van der Waals surface area (Å²) >= 11 is 0. The van der Waals surface area contributed by atoms with Gasteiger partial charge in [0, 0.05) is 57.2 Å². The van der Waals surface area contributed by atoms with Gasteiger partial charge in [-0.3, -0.25) is 13.9 Å². The maximum atomic E-state index is 11.8. The standard InChI is InChI=1S/C27H40N6O5S/c1-2-37-19-23-30-25-26(33(23)15-4-3-13-32-14-7-17-39(32,35)36)21-10-9-20(18-22(21)29-27(25)28)38-16-6-12-31-11-5-8-24(31)34/h9-10,18,35-36H,2-8,11-17,19H2,1H3,(H2,28,29). The molecule has 4 heterocycles. The smallest absolute Gasteiger partial charge is 0.222 e. The minimum absolute atomic E-state index is 0.233. The molecule has 3 aromatic rings. The number of amides is 1. The van der Waals surface area contributed by atoms with E-state index in [4.69, 9.17) is 20.2 Å². The molecule has 2 saturated heterocycles. The Morgan fingerprint density at radius 2 is 1.92 bits per heavy atom. The van der Waals surface area contributed by atoms with E-state index in [1.807, 2.05) is 34.3 Å². The molecule has 1 aromatic carbocycles. The predicted molar refractivity (Wildman–Crippen MR) is 154 cm³/mol. The van der Waals surface area contributed by atoms with Crippen molar-refractivity contribution in [2.75, 3.05) is 50.9 Å². The fraction of sp³-hybridized carbons (Fsp3) is 0.593. The number of unbranched alkanes of at least 4 members (excludes halogenated alkanes) is 1. The molecule has 5 rings (SSSR count). The Morgan fingerprint density at radius 1 is 1.08 bits per heavy atom. The molecular formula is C27H40N6O5S. The zero-order chi connectivity index (χ0) is 27.4. The van der Waals surface area contributed by atoms with E-state index in [1.54, 1.807) is 0 Å². The molecule has 2 aromatic heterocycles. The van der Waals surface area contributed by atoms with Crippen molar-refractivity contribution in [2.45, 2.75) is 58.6 Å². The van der Waals surface area contributed by atoms with Gasteiger partial charge in [-0.15, -0.1) is 10.8 Å². The lowest BCUT2D eigenvalue weighted by atomic mass is 10.1. The van der Waals surface area contributed by atoms with E-state index in [9.17, 15) is 13.9 Å². The van der Waals surface area contributed by atoms with Crippen LogP contribution in [-0.2, 0) is 22.7 Å². The topological polar surface area (TPSA) is 139 Å². The van der Waals surface area contributed by atoms with E-state index in [0.29, 0.717) is 62.2 Å². The van der Waals surface area contributed by atoms with Crippen LogP contribution in [0.4, 0.5) is 5.82 Å².